The molecule has 2 N–H and O–H groups in total. The van der Waals surface area contributed by atoms with Crippen molar-refractivity contribution in [3.63, 3.8) is 0 Å². The van der Waals surface area contributed by atoms with Gasteiger partial charge in [0.25, 0.3) is 0 Å². The Morgan fingerprint density at radius 2 is 1.50 bits per heavy atom. The van der Waals surface area contributed by atoms with Gasteiger partial charge in [-0.25, -0.2) is 4.90 Å². The van der Waals surface area contributed by atoms with E-state index in [-0.39, 0.29) is 20.8 Å². The third-order valence-electron chi connectivity index (χ3n) is 7.14. The van der Waals surface area contributed by atoms with Crippen LogP contribution < -0.4 is 15.5 Å². The van der Waals surface area contributed by atoms with Crippen molar-refractivity contribution in [1.29, 1.82) is 0 Å². The van der Waals surface area contributed by atoms with Crippen LogP contribution in [0.4, 0.5) is 11.4 Å². The van der Waals surface area contributed by atoms with Gasteiger partial charge in [0.05, 0.1) is 28.2 Å². The van der Waals surface area contributed by atoms with Gasteiger partial charge in [-0.15, -0.1) is 0 Å². The first-order valence-electron chi connectivity index (χ1n) is 11.2. The van der Waals surface area contributed by atoms with Crippen LogP contribution in [0.25, 0.3) is 0 Å². The van der Waals surface area contributed by atoms with E-state index in [0.29, 0.717) is 22.7 Å². The van der Waals surface area contributed by atoms with Crippen LogP contribution in [0.2, 0.25) is 20.1 Å². The highest BCUT2D eigenvalue weighted by atomic mass is 35.5. The van der Waals surface area contributed by atoms with Crippen molar-refractivity contribution in [1.82, 2.24) is 5.32 Å². The van der Waals surface area contributed by atoms with Gasteiger partial charge < -0.3 is 5.32 Å². The Morgan fingerprint density at radius 3 is 2.19 bits per heavy atom. The fraction of sp³-hybridized carbons (Fsp3) is 0.192. The first-order chi connectivity index (χ1) is 17.2. The number of nitrogens with zero attached hydrogens (tertiary/aromatic N) is 1. The molecule has 2 fully saturated rings. The molecule has 0 aliphatic carbocycles. The molecule has 6 rings (SSSR count). The van der Waals surface area contributed by atoms with Gasteiger partial charge in [0.15, 0.2) is 0 Å². The summed E-state index contributed by atoms with van der Waals surface area (Å²) in [6.45, 7) is 0. The molecule has 0 aromatic heterocycles. The first kappa shape index (κ1) is 23.8. The van der Waals surface area contributed by atoms with Gasteiger partial charge >= 0.3 is 0 Å². The predicted molar refractivity (Wildman–Crippen MR) is 140 cm³/mol. The summed E-state index contributed by atoms with van der Waals surface area (Å²) in [5.41, 5.74) is 0.508. The number of carbonyl (C=O) groups excluding carboxylic acids is 3. The molecule has 3 aliphatic rings. The molecule has 6 nitrogen and oxygen atoms in total. The number of rotatable bonds is 3. The lowest BCUT2D eigenvalue weighted by molar-refractivity contribution is -0.130. The largest absolute Gasteiger partial charge is 0.323 e. The number of hydrogen-bond donors (Lipinski definition) is 2. The molecule has 0 saturated carbocycles. The molecule has 0 bridgehead atoms. The molecule has 3 heterocycles. The van der Waals surface area contributed by atoms with E-state index in [2.05, 4.69) is 10.6 Å². The minimum absolute atomic E-state index is 0.253. The van der Waals surface area contributed by atoms with E-state index in [4.69, 9.17) is 46.4 Å². The van der Waals surface area contributed by atoms with Gasteiger partial charge in [-0.2, -0.15) is 0 Å². The standard InChI is InChI=1S/C26H17Cl4N3O3/c27-13-7-14(28)9-16(8-13)33-23(34)20-19(6-12-4-2-1-3-5-12)32-26(21(20)24(33)35)17-10-15(29)11-18(30)22(17)31-25(26)36/h1-5,7-11,19-21,32H,6H2,(H,31,36). The number of carbonyl (C=O) groups is 3. The van der Waals surface area contributed by atoms with Gasteiger partial charge in [-0.3, -0.25) is 19.7 Å². The van der Waals surface area contributed by atoms with Crippen molar-refractivity contribution in [2.75, 3.05) is 10.2 Å². The molecule has 0 radical (unpaired) electrons. The Kier molecular flexibility index (Phi) is 5.59. The van der Waals surface area contributed by atoms with Gasteiger partial charge in [0.1, 0.15) is 5.54 Å². The maximum absolute atomic E-state index is 14.0. The summed E-state index contributed by atoms with van der Waals surface area (Å²) in [4.78, 5) is 42.7. The number of anilines is 2. The number of amides is 3. The average molecular weight is 561 g/mol. The summed E-state index contributed by atoms with van der Waals surface area (Å²) >= 11 is 25.1. The third-order valence-corrected chi connectivity index (χ3v) is 8.10. The second-order valence-electron chi connectivity index (χ2n) is 9.16. The van der Waals surface area contributed by atoms with Gasteiger partial charge in [0, 0.05) is 26.7 Å². The maximum atomic E-state index is 14.0. The lowest BCUT2D eigenvalue weighted by Gasteiger charge is -2.29. The molecule has 3 aromatic carbocycles. The van der Waals surface area contributed by atoms with Crippen LogP contribution in [0.1, 0.15) is 11.1 Å². The summed E-state index contributed by atoms with van der Waals surface area (Å²) in [6.07, 6.45) is 0.420. The van der Waals surface area contributed by atoms with Gasteiger partial charge in [-0.05, 0) is 42.3 Å². The highest BCUT2D eigenvalue weighted by Gasteiger charge is 2.70. The second-order valence-corrected chi connectivity index (χ2v) is 10.9. The predicted octanol–water partition coefficient (Wildman–Crippen LogP) is 5.47. The summed E-state index contributed by atoms with van der Waals surface area (Å²) in [5, 5.41) is 7.33. The van der Waals surface area contributed by atoms with E-state index in [9.17, 15) is 14.4 Å². The zero-order valence-electron chi connectivity index (χ0n) is 18.4. The lowest BCUT2D eigenvalue weighted by Crippen LogP contribution is -2.53. The summed E-state index contributed by atoms with van der Waals surface area (Å²) < 4.78 is 0. The van der Waals surface area contributed by atoms with Crippen LogP contribution in [-0.4, -0.2) is 23.8 Å². The van der Waals surface area contributed by atoms with E-state index in [1.165, 1.54) is 24.3 Å². The van der Waals surface area contributed by atoms with Crippen molar-refractivity contribution in [2.24, 2.45) is 11.8 Å². The fourth-order valence-corrected chi connectivity index (χ4v) is 6.85. The van der Waals surface area contributed by atoms with Crippen LogP contribution in [0.3, 0.4) is 0 Å². The monoisotopic (exact) mass is 559 g/mol. The van der Waals surface area contributed by atoms with Crippen molar-refractivity contribution >= 4 is 75.5 Å². The molecule has 182 valence electrons. The van der Waals surface area contributed by atoms with E-state index in [1.807, 2.05) is 30.3 Å². The number of hydrogen-bond acceptors (Lipinski definition) is 4. The topological polar surface area (TPSA) is 78.5 Å². The smallest absolute Gasteiger partial charge is 0.250 e. The summed E-state index contributed by atoms with van der Waals surface area (Å²) in [6, 6.07) is 16.7. The number of nitrogens with one attached hydrogen (secondary N) is 2. The maximum Gasteiger partial charge on any atom is 0.250 e. The normalized spacial score (nSPS) is 26.5. The Bertz CT molecular complexity index is 1440. The highest BCUT2D eigenvalue weighted by Crippen LogP contribution is 2.55. The molecule has 3 aliphatic heterocycles. The van der Waals surface area contributed by atoms with Gasteiger partial charge in [0.2, 0.25) is 17.7 Å². The van der Waals surface area contributed by atoms with E-state index in [1.54, 1.807) is 6.07 Å². The van der Waals surface area contributed by atoms with Crippen molar-refractivity contribution in [2.45, 2.75) is 18.0 Å². The number of benzene rings is 3. The Hall–Kier alpha value is -2.61. The van der Waals surface area contributed by atoms with Crippen LogP contribution in [0.15, 0.2) is 60.7 Å². The molecular formula is C26H17Cl4N3O3. The van der Waals surface area contributed by atoms with Crippen LogP contribution >= 0.6 is 46.4 Å². The Morgan fingerprint density at radius 1 is 0.833 bits per heavy atom. The fourth-order valence-electron chi connectivity index (χ4n) is 5.79. The number of imide groups is 1. The van der Waals surface area contributed by atoms with E-state index < -0.39 is 41.1 Å². The molecule has 2 saturated heterocycles. The molecule has 36 heavy (non-hydrogen) atoms. The van der Waals surface area contributed by atoms with Crippen molar-refractivity contribution in [3.8, 4) is 0 Å². The Balaban J connectivity index is 1.53. The second kappa shape index (κ2) is 8.47. The first-order valence-corrected chi connectivity index (χ1v) is 12.7. The lowest BCUT2D eigenvalue weighted by atomic mass is 9.76. The van der Waals surface area contributed by atoms with E-state index in [0.717, 1.165) is 10.5 Å². The van der Waals surface area contributed by atoms with Gasteiger partial charge in [-0.1, -0.05) is 76.7 Å². The van der Waals surface area contributed by atoms with Crippen molar-refractivity contribution in [3.05, 3.63) is 91.9 Å². The Labute approximate surface area is 226 Å². The zero-order valence-corrected chi connectivity index (χ0v) is 21.4. The summed E-state index contributed by atoms with van der Waals surface area (Å²) in [7, 11) is 0. The molecule has 3 amide bonds. The van der Waals surface area contributed by atoms with Crippen molar-refractivity contribution < 1.29 is 14.4 Å². The third kappa shape index (κ3) is 3.40. The SMILES string of the molecule is O=C1C2C(Cc3ccccc3)NC3(C(=O)Nc4c(Cl)cc(Cl)cc43)C2C(=O)N1c1cc(Cl)cc(Cl)c1. The minimum atomic E-state index is -1.53. The van der Waals surface area contributed by atoms with Crippen LogP contribution in [-0.2, 0) is 26.3 Å². The van der Waals surface area contributed by atoms with Crippen LogP contribution in [0.5, 0.6) is 0 Å². The number of fused-ring (bicyclic) bond motifs is 4. The molecule has 3 aromatic rings. The minimum Gasteiger partial charge on any atom is -0.323 e. The van der Waals surface area contributed by atoms with Crippen LogP contribution in [0, 0.1) is 11.8 Å². The quantitative estimate of drug-likeness (QED) is 0.416. The van der Waals surface area contributed by atoms with E-state index >= 15 is 0 Å². The zero-order chi connectivity index (χ0) is 25.4. The average Bonchev–Trinajstić information content (AvgIpc) is 3.39. The molecule has 4 atom stereocenters. The molecule has 1 spiro atoms. The molecular weight excluding hydrogens is 544 g/mol. The molecule has 4 unspecified atom stereocenters. The summed E-state index contributed by atoms with van der Waals surface area (Å²) in [5.74, 6) is -3.27. The number of halogens is 4. The highest BCUT2D eigenvalue weighted by molar-refractivity contribution is 6.38. The molecule has 10 heteroatoms.